The van der Waals surface area contributed by atoms with Gasteiger partial charge in [0, 0.05) is 11.5 Å². The summed E-state index contributed by atoms with van der Waals surface area (Å²) in [5.41, 5.74) is 0.101. The van der Waals surface area contributed by atoms with Crippen molar-refractivity contribution >= 4 is 17.7 Å². The number of aromatic carboxylic acids is 1. The van der Waals surface area contributed by atoms with Crippen LogP contribution < -0.4 is 0 Å². The van der Waals surface area contributed by atoms with Gasteiger partial charge in [0.25, 0.3) is 0 Å². The molecule has 0 aromatic heterocycles. The minimum absolute atomic E-state index is 0.101. The molecule has 0 heterocycles. The van der Waals surface area contributed by atoms with E-state index in [1.807, 2.05) is 0 Å². The first-order valence-corrected chi connectivity index (χ1v) is 6.40. The van der Waals surface area contributed by atoms with Crippen molar-refractivity contribution in [2.75, 3.05) is 12.4 Å². The van der Waals surface area contributed by atoms with Crippen LogP contribution in [-0.2, 0) is 0 Å². The predicted molar refractivity (Wildman–Crippen MR) is 65.0 cm³/mol. The third-order valence-corrected chi connectivity index (χ3v) is 3.35. The van der Waals surface area contributed by atoms with Crippen LogP contribution in [0.15, 0.2) is 23.1 Å². The lowest BCUT2D eigenvalue weighted by atomic mass is 10.2. The standard InChI is InChI=1S/C12H15FO3S/c13-10-5-4-9(12(15)16)8-11(10)17-7-3-1-2-6-14/h4-5,8,14H,1-3,6-7H2,(H,15,16). The van der Waals surface area contributed by atoms with Crippen LogP contribution >= 0.6 is 11.8 Å². The SMILES string of the molecule is O=C(O)c1ccc(F)c(SCCCCCO)c1. The van der Waals surface area contributed by atoms with E-state index in [1.165, 1.54) is 30.0 Å². The number of hydrogen-bond acceptors (Lipinski definition) is 3. The molecule has 2 N–H and O–H groups in total. The Hall–Kier alpha value is -1.07. The Labute approximate surface area is 104 Å². The van der Waals surface area contributed by atoms with Crippen molar-refractivity contribution in [3.63, 3.8) is 0 Å². The van der Waals surface area contributed by atoms with Crippen LogP contribution in [0.2, 0.25) is 0 Å². The van der Waals surface area contributed by atoms with Crippen LogP contribution in [0.4, 0.5) is 4.39 Å². The van der Waals surface area contributed by atoms with Gasteiger partial charge in [0.15, 0.2) is 0 Å². The second-order valence-electron chi connectivity index (χ2n) is 3.58. The number of rotatable bonds is 7. The highest BCUT2D eigenvalue weighted by Gasteiger charge is 2.08. The van der Waals surface area contributed by atoms with Gasteiger partial charge in [-0.3, -0.25) is 0 Å². The number of aliphatic hydroxyl groups is 1. The summed E-state index contributed by atoms with van der Waals surface area (Å²) in [6.45, 7) is 0.174. The van der Waals surface area contributed by atoms with Gasteiger partial charge in [-0.1, -0.05) is 6.42 Å². The lowest BCUT2D eigenvalue weighted by Gasteiger charge is -2.04. The maximum atomic E-state index is 13.4. The number of unbranched alkanes of at least 4 members (excludes halogenated alkanes) is 2. The van der Waals surface area contributed by atoms with Gasteiger partial charge >= 0.3 is 5.97 Å². The lowest BCUT2D eigenvalue weighted by Crippen LogP contribution is -1.97. The fourth-order valence-corrected chi connectivity index (χ4v) is 2.30. The number of carboxylic acids is 1. The third-order valence-electron chi connectivity index (χ3n) is 2.24. The van der Waals surface area contributed by atoms with E-state index in [1.54, 1.807) is 0 Å². The van der Waals surface area contributed by atoms with Crippen molar-refractivity contribution in [3.05, 3.63) is 29.6 Å². The van der Waals surface area contributed by atoms with Crippen molar-refractivity contribution in [1.29, 1.82) is 0 Å². The minimum atomic E-state index is -1.05. The Morgan fingerprint density at radius 2 is 2.06 bits per heavy atom. The first-order valence-electron chi connectivity index (χ1n) is 5.41. The Morgan fingerprint density at radius 3 is 2.71 bits per heavy atom. The fraction of sp³-hybridized carbons (Fsp3) is 0.417. The quantitative estimate of drug-likeness (QED) is 0.583. The van der Waals surface area contributed by atoms with Crippen LogP contribution in [0.3, 0.4) is 0 Å². The topological polar surface area (TPSA) is 57.5 Å². The number of hydrogen-bond donors (Lipinski definition) is 2. The van der Waals surface area contributed by atoms with Gasteiger partial charge in [-0.25, -0.2) is 9.18 Å². The average Bonchev–Trinajstić information content (AvgIpc) is 2.30. The highest BCUT2D eigenvalue weighted by atomic mass is 32.2. The maximum Gasteiger partial charge on any atom is 0.335 e. The van der Waals surface area contributed by atoms with Crippen molar-refractivity contribution in [1.82, 2.24) is 0 Å². The Kier molecular flexibility index (Phi) is 6.00. The van der Waals surface area contributed by atoms with E-state index in [2.05, 4.69) is 0 Å². The molecule has 0 aliphatic rings. The van der Waals surface area contributed by atoms with Crippen LogP contribution in [0.25, 0.3) is 0 Å². The maximum absolute atomic E-state index is 13.4. The molecule has 5 heteroatoms. The molecule has 0 amide bonds. The molecule has 0 radical (unpaired) electrons. The molecule has 1 aromatic rings. The summed E-state index contributed by atoms with van der Waals surface area (Å²) < 4.78 is 13.4. The van der Waals surface area contributed by atoms with Gasteiger partial charge in [0.05, 0.1) is 5.56 Å². The van der Waals surface area contributed by atoms with Crippen LogP contribution in [0, 0.1) is 5.82 Å². The second kappa shape index (κ2) is 7.29. The summed E-state index contributed by atoms with van der Waals surface area (Å²) in [5, 5.41) is 17.4. The molecule has 0 unspecified atom stereocenters. The van der Waals surface area contributed by atoms with Gasteiger partial charge in [-0.05, 0) is 36.8 Å². The van der Waals surface area contributed by atoms with Gasteiger partial charge in [0.2, 0.25) is 0 Å². The van der Waals surface area contributed by atoms with E-state index in [0.29, 0.717) is 4.90 Å². The van der Waals surface area contributed by atoms with Crippen LogP contribution in [0.5, 0.6) is 0 Å². The molecule has 0 bridgehead atoms. The van der Waals surface area contributed by atoms with E-state index in [4.69, 9.17) is 10.2 Å². The fourth-order valence-electron chi connectivity index (χ4n) is 1.32. The molecular formula is C12H15FO3S. The Balaban J connectivity index is 2.51. The number of halogens is 1. The van der Waals surface area contributed by atoms with Crippen molar-refractivity contribution in [2.24, 2.45) is 0 Å². The average molecular weight is 258 g/mol. The molecular weight excluding hydrogens is 243 g/mol. The highest BCUT2D eigenvalue weighted by molar-refractivity contribution is 7.99. The summed E-state index contributed by atoms with van der Waals surface area (Å²) in [7, 11) is 0. The summed E-state index contributed by atoms with van der Waals surface area (Å²) in [6, 6.07) is 3.79. The van der Waals surface area contributed by atoms with E-state index in [-0.39, 0.29) is 18.0 Å². The van der Waals surface area contributed by atoms with Gasteiger partial charge in [-0.2, -0.15) is 0 Å². The smallest absolute Gasteiger partial charge is 0.335 e. The van der Waals surface area contributed by atoms with Gasteiger partial charge < -0.3 is 10.2 Å². The zero-order valence-corrected chi connectivity index (χ0v) is 10.2. The van der Waals surface area contributed by atoms with Crippen LogP contribution in [0.1, 0.15) is 29.6 Å². The molecule has 94 valence electrons. The molecule has 0 saturated carbocycles. The normalized spacial score (nSPS) is 10.5. The van der Waals surface area contributed by atoms with E-state index < -0.39 is 5.97 Å². The van der Waals surface area contributed by atoms with Gasteiger partial charge in [-0.15, -0.1) is 11.8 Å². The molecule has 3 nitrogen and oxygen atoms in total. The number of benzene rings is 1. The summed E-state index contributed by atoms with van der Waals surface area (Å²) >= 11 is 1.31. The van der Waals surface area contributed by atoms with Crippen LogP contribution in [-0.4, -0.2) is 28.5 Å². The molecule has 0 saturated heterocycles. The van der Waals surface area contributed by atoms with E-state index in [0.717, 1.165) is 25.0 Å². The summed E-state index contributed by atoms with van der Waals surface area (Å²) in [6.07, 6.45) is 2.52. The molecule has 1 rings (SSSR count). The molecule has 0 fully saturated rings. The Morgan fingerprint density at radius 1 is 1.29 bits per heavy atom. The number of carbonyl (C=O) groups is 1. The second-order valence-corrected chi connectivity index (χ2v) is 4.72. The number of thioether (sulfide) groups is 1. The minimum Gasteiger partial charge on any atom is -0.478 e. The third kappa shape index (κ3) is 4.75. The van der Waals surface area contributed by atoms with Crippen molar-refractivity contribution in [3.8, 4) is 0 Å². The molecule has 1 aromatic carbocycles. The zero-order chi connectivity index (χ0) is 12.7. The van der Waals surface area contributed by atoms with E-state index in [9.17, 15) is 9.18 Å². The molecule has 0 aliphatic heterocycles. The molecule has 0 atom stereocenters. The first-order chi connectivity index (χ1) is 8.15. The first kappa shape index (κ1) is 14.0. The van der Waals surface area contributed by atoms with Crippen molar-refractivity contribution < 1.29 is 19.4 Å². The van der Waals surface area contributed by atoms with Gasteiger partial charge in [0.1, 0.15) is 5.82 Å². The number of carboxylic acid groups (broad SMARTS) is 1. The molecule has 17 heavy (non-hydrogen) atoms. The number of aliphatic hydroxyl groups excluding tert-OH is 1. The van der Waals surface area contributed by atoms with E-state index >= 15 is 0 Å². The monoisotopic (exact) mass is 258 g/mol. The summed E-state index contributed by atoms with van der Waals surface area (Å²) in [5.74, 6) is -0.714. The molecule has 0 spiro atoms. The predicted octanol–water partition coefficient (Wildman–Crippen LogP) is 2.78. The lowest BCUT2D eigenvalue weighted by molar-refractivity contribution is 0.0696. The zero-order valence-electron chi connectivity index (χ0n) is 9.36. The van der Waals surface area contributed by atoms with Crippen molar-refractivity contribution in [2.45, 2.75) is 24.2 Å². The molecule has 0 aliphatic carbocycles. The Bertz CT molecular complexity index is 382. The highest BCUT2D eigenvalue weighted by Crippen LogP contribution is 2.24. The largest absolute Gasteiger partial charge is 0.478 e. The summed E-state index contributed by atoms with van der Waals surface area (Å²) in [4.78, 5) is 11.1.